The minimum Gasteiger partial charge on any atom is -0.423 e. The van der Waals surface area contributed by atoms with E-state index < -0.39 is 12.7 Å². The van der Waals surface area contributed by atoms with Crippen LogP contribution in [0, 0.1) is 0 Å². The molecule has 2 aromatic rings. The molecule has 0 saturated heterocycles. The normalized spacial score (nSPS) is 15.0. The quantitative estimate of drug-likeness (QED) is 0.827. The molecular formula is C19H19BClNO3. The van der Waals surface area contributed by atoms with Gasteiger partial charge in [-0.3, -0.25) is 4.79 Å². The third-order valence-electron chi connectivity index (χ3n) is 4.34. The van der Waals surface area contributed by atoms with E-state index in [0.717, 1.165) is 16.7 Å². The fraction of sp³-hybridized carbons (Fsp3) is 0.211. The van der Waals surface area contributed by atoms with Crippen LogP contribution in [0.4, 0.5) is 5.69 Å². The summed E-state index contributed by atoms with van der Waals surface area (Å²) in [6, 6.07) is 10.6. The van der Waals surface area contributed by atoms with Crippen LogP contribution in [0.3, 0.4) is 0 Å². The molecule has 25 heavy (non-hydrogen) atoms. The van der Waals surface area contributed by atoms with E-state index in [4.69, 9.17) is 16.3 Å². The molecule has 0 aromatic heterocycles. The van der Waals surface area contributed by atoms with Gasteiger partial charge in [-0.25, -0.2) is 0 Å². The van der Waals surface area contributed by atoms with Gasteiger partial charge in [-0.2, -0.15) is 0 Å². The number of carbonyl (C=O) groups is 1. The van der Waals surface area contributed by atoms with Gasteiger partial charge in [-0.1, -0.05) is 35.9 Å². The number of amides is 1. The molecule has 0 spiro atoms. The number of anilines is 1. The summed E-state index contributed by atoms with van der Waals surface area (Å²) in [6.45, 7) is 9.53. The summed E-state index contributed by atoms with van der Waals surface area (Å²) >= 11 is 6.23. The fourth-order valence-corrected chi connectivity index (χ4v) is 3.23. The second-order valence-electron chi connectivity index (χ2n) is 6.71. The van der Waals surface area contributed by atoms with Gasteiger partial charge in [0.1, 0.15) is 0 Å². The molecule has 4 nitrogen and oxygen atoms in total. The highest BCUT2D eigenvalue weighted by Gasteiger charge is 2.40. The van der Waals surface area contributed by atoms with Crippen molar-refractivity contribution >= 4 is 41.3 Å². The molecule has 128 valence electrons. The maximum Gasteiger partial charge on any atom is 0.492 e. The largest absolute Gasteiger partial charge is 0.492 e. The van der Waals surface area contributed by atoms with Crippen molar-refractivity contribution in [1.82, 2.24) is 0 Å². The Bertz CT molecular complexity index is 879. The van der Waals surface area contributed by atoms with Crippen LogP contribution in [0.25, 0.3) is 5.57 Å². The number of fused-ring (bicyclic) bond motifs is 1. The second-order valence-corrected chi connectivity index (χ2v) is 7.12. The third-order valence-corrected chi connectivity index (χ3v) is 4.65. The van der Waals surface area contributed by atoms with Gasteiger partial charge in [-0.05, 0) is 61.6 Å². The molecule has 1 heterocycles. The smallest absolute Gasteiger partial charge is 0.423 e. The van der Waals surface area contributed by atoms with E-state index in [0.29, 0.717) is 21.7 Å². The number of rotatable bonds is 3. The molecule has 0 radical (unpaired) electrons. The number of carbonyl (C=O) groups excluding carboxylic acids is 1. The van der Waals surface area contributed by atoms with Crippen molar-refractivity contribution < 1.29 is 14.5 Å². The zero-order chi connectivity index (χ0) is 18.4. The van der Waals surface area contributed by atoms with Crippen LogP contribution in [-0.2, 0) is 10.3 Å². The SMILES string of the molecule is C=C(C)c1ccc(C(=O)Nc2ccc3c(c2)B(O)OC3(C)C)c(Cl)c1. The van der Waals surface area contributed by atoms with Crippen molar-refractivity contribution in [2.45, 2.75) is 26.4 Å². The molecule has 3 rings (SSSR count). The number of hydrogen-bond acceptors (Lipinski definition) is 3. The van der Waals surface area contributed by atoms with Crippen LogP contribution in [0.1, 0.15) is 42.3 Å². The van der Waals surface area contributed by atoms with Gasteiger partial charge >= 0.3 is 7.12 Å². The summed E-state index contributed by atoms with van der Waals surface area (Å²) < 4.78 is 5.53. The summed E-state index contributed by atoms with van der Waals surface area (Å²) in [5.41, 5.74) is 3.73. The maximum atomic E-state index is 12.5. The van der Waals surface area contributed by atoms with Gasteiger partial charge < -0.3 is 15.0 Å². The molecule has 2 N–H and O–H groups in total. The molecule has 0 atom stereocenters. The van der Waals surface area contributed by atoms with E-state index in [9.17, 15) is 9.82 Å². The lowest BCUT2D eigenvalue weighted by molar-refractivity contribution is 0.101. The molecule has 0 saturated carbocycles. The topological polar surface area (TPSA) is 58.6 Å². The van der Waals surface area contributed by atoms with Crippen molar-refractivity contribution in [2.24, 2.45) is 0 Å². The third kappa shape index (κ3) is 3.36. The van der Waals surface area contributed by atoms with Crippen molar-refractivity contribution in [3.05, 3.63) is 64.7 Å². The van der Waals surface area contributed by atoms with Crippen molar-refractivity contribution in [3.8, 4) is 0 Å². The first-order chi connectivity index (χ1) is 11.7. The van der Waals surface area contributed by atoms with E-state index in [-0.39, 0.29) is 5.91 Å². The standard InChI is InChI=1S/C19H19BClNO3/c1-11(2)12-5-7-14(17(21)9-12)18(23)22-13-6-8-15-16(10-13)20(24)25-19(15,3)4/h5-10,24H,1H2,2-4H3,(H,22,23). The predicted molar refractivity (Wildman–Crippen MR) is 102 cm³/mol. The lowest BCUT2D eigenvalue weighted by atomic mass is 9.78. The highest BCUT2D eigenvalue weighted by atomic mass is 35.5. The van der Waals surface area contributed by atoms with Gasteiger partial charge in [0.2, 0.25) is 0 Å². The number of benzene rings is 2. The van der Waals surface area contributed by atoms with E-state index in [2.05, 4.69) is 11.9 Å². The van der Waals surface area contributed by atoms with Gasteiger partial charge in [0, 0.05) is 5.69 Å². The van der Waals surface area contributed by atoms with Gasteiger partial charge in [-0.15, -0.1) is 0 Å². The second kappa shape index (κ2) is 6.34. The highest BCUT2D eigenvalue weighted by Crippen LogP contribution is 2.31. The highest BCUT2D eigenvalue weighted by molar-refractivity contribution is 6.62. The van der Waals surface area contributed by atoms with Gasteiger partial charge in [0.15, 0.2) is 0 Å². The molecule has 0 unspecified atom stereocenters. The Morgan fingerprint density at radius 3 is 2.64 bits per heavy atom. The first-order valence-corrected chi connectivity index (χ1v) is 8.34. The average molecular weight is 356 g/mol. The lowest BCUT2D eigenvalue weighted by Crippen LogP contribution is -2.29. The summed E-state index contributed by atoms with van der Waals surface area (Å²) in [5, 5.41) is 13.2. The molecule has 0 bridgehead atoms. The van der Waals surface area contributed by atoms with E-state index in [1.165, 1.54) is 0 Å². The molecule has 1 aliphatic rings. The first kappa shape index (κ1) is 17.7. The molecule has 1 amide bonds. The molecule has 0 aliphatic carbocycles. The Morgan fingerprint density at radius 1 is 1.28 bits per heavy atom. The summed E-state index contributed by atoms with van der Waals surface area (Å²) in [4.78, 5) is 12.5. The number of allylic oxidation sites excluding steroid dienone is 1. The van der Waals surface area contributed by atoms with E-state index in [1.54, 1.807) is 24.3 Å². The Kier molecular flexibility index (Phi) is 4.50. The Balaban J connectivity index is 1.85. The summed E-state index contributed by atoms with van der Waals surface area (Å²) in [6.07, 6.45) is 0. The molecule has 2 aromatic carbocycles. The molecule has 0 fully saturated rings. The van der Waals surface area contributed by atoms with Crippen LogP contribution >= 0.6 is 11.6 Å². The summed E-state index contributed by atoms with van der Waals surface area (Å²) in [5.74, 6) is -0.314. The van der Waals surface area contributed by atoms with Crippen LogP contribution < -0.4 is 10.8 Å². The summed E-state index contributed by atoms with van der Waals surface area (Å²) in [7, 11) is -1.000. The Labute approximate surface area is 152 Å². The van der Waals surface area contributed by atoms with Gasteiger partial charge in [0.05, 0.1) is 16.2 Å². The van der Waals surface area contributed by atoms with Crippen LogP contribution in [0.2, 0.25) is 5.02 Å². The van der Waals surface area contributed by atoms with Crippen molar-refractivity contribution in [3.63, 3.8) is 0 Å². The zero-order valence-electron chi connectivity index (χ0n) is 14.4. The number of halogens is 1. The number of nitrogens with one attached hydrogen (secondary N) is 1. The first-order valence-electron chi connectivity index (χ1n) is 7.96. The average Bonchev–Trinajstić information content (AvgIpc) is 2.76. The van der Waals surface area contributed by atoms with E-state index in [1.807, 2.05) is 32.9 Å². The maximum absolute atomic E-state index is 12.5. The molecular weight excluding hydrogens is 336 g/mol. The Hall–Kier alpha value is -2.08. The fourth-order valence-electron chi connectivity index (χ4n) is 2.96. The van der Waals surface area contributed by atoms with Gasteiger partial charge in [0.25, 0.3) is 5.91 Å². The van der Waals surface area contributed by atoms with E-state index >= 15 is 0 Å². The predicted octanol–water partition coefficient (Wildman–Crippen LogP) is 3.58. The molecule has 1 aliphatic heterocycles. The monoisotopic (exact) mass is 355 g/mol. The molecule has 6 heteroatoms. The van der Waals surface area contributed by atoms with Crippen LogP contribution in [0.15, 0.2) is 43.0 Å². The Morgan fingerprint density at radius 2 is 2.00 bits per heavy atom. The lowest BCUT2D eigenvalue weighted by Gasteiger charge is -2.19. The van der Waals surface area contributed by atoms with Crippen molar-refractivity contribution in [1.29, 1.82) is 0 Å². The zero-order valence-corrected chi connectivity index (χ0v) is 15.1. The minimum atomic E-state index is -1.000. The number of hydrogen-bond donors (Lipinski definition) is 2. The van der Waals surface area contributed by atoms with Crippen LogP contribution in [0.5, 0.6) is 0 Å². The minimum absolute atomic E-state index is 0.314. The van der Waals surface area contributed by atoms with Crippen LogP contribution in [-0.4, -0.2) is 18.0 Å². The van der Waals surface area contributed by atoms with Crippen molar-refractivity contribution in [2.75, 3.05) is 5.32 Å².